The van der Waals surface area contributed by atoms with Crippen LogP contribution in [0.3, 0.4) is 0 Å². The number of benzene rings is 3. The van der Waals surface area contributed by atoms with Crippen LogP contribution in [0.4, 0.5) is 5.69 Å². The van der Waals surface area contributed by atoms with E-state index < -0.39 is 28.5 Å². The summed E-state index contributed by atoms with van der Waals surface area (Å²) in [5, 5.41) is 3.57. The van der Waals surface area contributed by atoms with Crippen molar-refractivity contribution in [3.8, 4) is 5.75 Å². The van der Waals surface area contributed by atoms with E-state index in [-0.39, 0.29) is 23.4 Å². The Hall–Kier alpha value is -3.56. The van der Waals surface area contributed by atoms with Crippen molar-refractivity contribution in [2.24, 2.45) is 0 Å². The highest BCUT2D eigenvalue weighted by atomic mass is 35.5. The first-order valence-corrected chi connectivity index (χ1v) is 16.0. The maximum Gasteiger partial charge on any atom is 0.264 e. The lowest BCUT2D eigenvalue weighted by molar-refractivity contribution is -0.140. The number of ether oxygens (including phenoxy) is 1. The first-order valence-electron chi connectivity index (χ1n) is 14.2. The predicted octanol–water partition coefficient (Wildman–Crippen LogP) is 5.72. The fourth-order valence-corrected chi connectivity index (χ4v) is 6.82. The molecule has 3 aromatic carbocycles. The first kappa shape index (κ1) is 31.4. The van der Waals surface area contributed by atoms with E-state index in [1.807, 2.05) is 19.9 Å². The Kier molecular flexibility index (Phi) is 10.5. The molecule has 224 valence electrons. The Morgan fingerprint density at radius 3 is 2.24 bits per heavy atom. The molecule has 1 saturated carbocycles. The summed E-state index contributed by atoms with van der Waals surface area (Å²) in [4.78, 5) is 29.3. The summed E-state index contributed by atoms with van der Waals surface area (Å²) in [6.45, 7) is 3.25. The zero-order chi connectivity index (χ0) is 30.3. The van der Waals surface area contributed by atoms with E-state index in [0.29, 0.717) is 28.4 Å². The van der Waals surface area contributed by atoms with Crippen LogP contribution >= 0.6 is 11.6 Å². The van der Waals surface area contributed by atoms with Crippen molar-refractivity contribution in [2.75, 3.05) is 18.0 Å². The topological polar surface area (TPSA) is 96.0 Å². The van der Waals surface area contributed by atoms with Gasteiger partial charge in [-0.25, -0.2) is 8.42 Å². The highest BCUT2D eigenvalue weighted by molar-refractivity contribution is 7.92. The van der Waals surface area contributed by atoms with Crippen molar-refractivity contribution in [3.63, 3.8) is 0 Å². The standard InChI is InChI=1S/C32H38ClN3O5S/c1-4-30(32(38)34-25-10-6-7-11-25)35(21-24-9-5-8-12-29(24)33)31(37)22-36(26-15-17-27(41-3)18-16-26)42(39,40)28-19-13-23(2)14-20-28/h5,8-9,12-20,25,30H,4,6-7,10-11,21-22H2,1-3H3,(H,34,38)/t30-/m0/s1. The van der Waals surface area contributed by atoms with Crippen LogP contribution in [0.15, 0.2) is 77.7 Å². The molecule has 0 aromatic heterocycles. The summed E-state index contributed by atoms with van der Waals surface area (Å²) < 4.78 is 34.3. The summed E-state index contributed by atoms with van der Waals surface area (Å²) in [7, 11) is -2.63. The van der Waals surface area contributed by atoms with Gasteiger partial charge < -0.3 is 15.0 Å². The zero-order valence-corrected chi connectivity index (χ0v) is 25.8. The van der Waals surface area contributed by atoms with Crippen LogP contribution in [0.2, 0.25) is 5.02 Å². The van der Waals surface area contributed by atoms with Crippen LogP contribution in [-0.2, 0) is 26.2 Å². The molecule has 1 aliphatic rings. The number of rotatable bonds is 12. The molecule has 1 N–H and O–H groups in total. The Morgan fingerprint density at radius 1 is 1.00 bits per heavy atom. The van der Waals surface area contributed by atoms with Crippen molar-refractivity contribution < 1.29 is 22.7 Å². The molecule has 10 heteroatoms. The van der Waals surface area contributed by atoms with E-state index in [4.69, 9.17) is 16.3 Å². The number of nitrogens with zero attached hydrogens (tertiary/aromatic N) is 2. The van der Waals surface area contributed by atoms with Gasteiger partial charge in [-0.3, -0.25) is 13.9 Å². The van der Waals surface area contributed by atoms with E-state index in [2.05, 4.69) is 5.32 Å². The maximum absolute atomic E-state index is 14.2. The molecular weight excluding hydrogens is 574 g/mol. The fraction of sp³-hybridized carbons (Fsp3) is 0.375. The van der Waals surface area contributed by atoms with Crippen molar-refractivity contribution in [1.29, 1.82) is 0 Å². The van der Waals surface area contributed by atoms with Gasteiger partial charge in [-0.1, -0.05) is 67.3 Å². The molecule has 0 bridgehead atoms. The minimum Gasteiger partial charge on any atom is -0.497 e. The molecule has 1 aliphatic carbocycles. The van der Waals surface area contributed by atoms with E-state index in [0.717, 1.165) is 35.6 Å². The quantitative estimate of drug-likeness (QED) is 0.283. The molecule has 1 fully saturated rings. The number of aryl methyl sites for hydroxylation is 1. The van der Waals surface area contributed by atoms with Gasteiger partial charge in [-0.05, 0) is 74.2 Å². The number of sulfonamides is 1. The molecule has 0 heterocycles. The van der Waals surface area contributed by atoms with Crippen LogP contribution in [0, 0.1) is 6.92 Å². The lowest BCUT2D eigenvalue weighted by atomic mass is 10.1. The SMILES string of the molecule is CC[C@@H](C(=O)NC1CCCC1)N(Cc1ccccc1Cl)C(=O)CN(c1ccc(OC)cc1)S(=O)(=O)c1ccc(C)cc1. The third-order valence-electron chi connectivity index (χ3n) is 7.63. The molecule has 0 unspecified atom stereocenters. The number of hydrogen-bond acceptors (Lipinski definition) is 5. The monoisotopic (exact) mass is 611 g/mol. The minimum atomic E-state index is -4.15. The largest absolute Gasteiger partial charge is 0.497 e. The van der Waals surface area contributed by atoms with Crippen LogP contribution in [-0.4, -0.2) is 50.9 Å². The summed E-state index contributed by atoms with van der Waals surface area (Å²) in [5.41, 5.74) is 1.87. The van der Waals surface area contributed by atoms with Gasteiger partial charge in [-0.2, -0.15) is 0 Å². The van der Waals surface area contributed by atoms with Gasteiger partial charge in [-0.15, -0.1) is 0 Å². The van der Waals surface area contributed by atoms with Gasteiger partial charge in [0.05, 0.1) is 17.7 Å². The lowest BCUT2D eigenvalue weighted by Gasteiger charge is -2.34. The number of nitrogens with one attached hydrogen (secondary N) is 1. The molecule has 0 aliphatic heterocycles. The van der Waals surface area contributed by atoms with Gasteiger partial charge in [0.1, 0.15) is 18.3 Å². The summed E-state index contributed by atoms with van der Waals surface area (Å²) >= 11 is 6.48. The third kappa shape index (κ3) is 7.44. The molecule has 0 spiro atoms. The summed E-state index contributed by atoms with van der Waals surface area (Å²) in [6, 6.07) is 19.3. The van der Waals surface area contributed by atoms with Gasteiger partial charge >= 0.3 is 0 Å². The van der Waals surface area contributed by atoms with Crippen LogP contribution < -0.4 is 14.4 Å². The van der Waals surface area contributed by atoms with Crippen molar-refractivity contribution in [3.05, 3.63) is 88.9 Å². The molecule has 2 amide bonds. The highest BCUT2D eigenvalue weighted by Gasteiger charge is 2.34. The van der Waals surface area contributed by atoms with Crippen molar-refractivity contribution >= 4 is 39.1 Å². The summed E-state index contributed by atoms with van der Waals surface area (Å²) in [5.74, 6) is -0.218. The number of carbonyl (C=O) groups excluding carboxylic acids is 2. The molecule has 1 atom stereocenters. The first-order chi connectivity index (χ1) is 20.1. The van der Waals surface area contributed by atoms with Gasteiger partial charge in [0.15, 0.2) is 0 Å². The highest BCUT2D eigenvalue weighted by Crippen LogP contribution is 2.28. The Morgan fingerprint density at radius 2 is 1.64 bits per heavy atom. The van der Waals surface area contributed by atoms with Gasteiger partial charge in [0.25, 0.3) is 10.0 Å². The zero-order valence-electron chi connectivity index (χ0n) is 24.3. The van der Waals surface area contributed by atoms with Crippen LogP contribution in [0.1, 0.15) is 50.2 Å². The molecule has 3 aromatic rings. The second-order valence-electron chi connectivity index (χ2n) is 10.5. The van der Waals surface area contributed by atoms with Crippen molar-refractivity contribution in [2.45, 2.75) is 69.5 Å². The van der Waals surface area contributed by atoms with Crippen LogP contribution in [0.25, 0.3) is 0 Å². The Bertz CT molecular complexity index is 1470. The average molecular weight is 612 g/mol. The van der Waals surface area contributed by atoms with Gasteiger partial charge in [0, 0.05) is 17.6 Å². The number of methoxy groups -OCH3 is 1. The third-order valence-corrected chi connectivity index (χ3v) is 9.79. The molecule has 42 heavy (non-hydrogen) atoms. The van der Waals surface area contributed by atoms with E-state index in [1.165, 1.54) is 24.1 Å². The molecule has 8 nitrogen and oxygen atoms in total. The molecule has 0 radical (unpaired) electrons. The van der Waals surface area contributed by atoms with Crippen molar-refractivity contribution in [1.82, 2.24) is 10.2 Å². The second-order valence-corrected chi connectivity index (χ2v) is 12.8. The lowest BCUT2D eigenvalue weighted by Crippen LogP contribution is -2.53. The van der Waals surface area contributed by atoms with E-state index >= 15 is 0 Å². The fourth-order valence-electron chi connectivity index (χ4n) is 5.21. The van der Waals surface area contributed by atoms with E-state index in [9.17, 15) is 18.0 Å². The van der Waals surface area contributed by atoms with Crippen LogP contribution in [0.5, 0.6) is 5.75 Å². The summed E-state index contributed by atoms with van der Waals surface area (Å²) in [6.07, 6.45) is 4.26. The molecule has 0 saturated heterocycles. The van der Waals surface area contributed by atoms with Gasteiger partial charge in [0.2, 0.25) is 11.8 Å². The van der Waals surface area contributed by atoms with E-state index in [1.54, 1.807) is 54.6 Å². The predicted molar refractivity (Wildman–Crippen MR) is 165 cm³/mol. The number of hydrogen-bond donors (Lipinski definition) is 1. The minimum absolute atomic E-state index is 0.0517. The Balaban J connectivity index is 1.72. The number of carbonyl (C=O) groups is 2. The molecular formula is C32H38ClN3O5S. The number of anilines is 1. The smallest absolute Gasteiger partial charge is 0.264 e. The molecule has 4 rings (SSSR count). The normalized spacial score (nSPS) is 14.3. The second kappa shape index (κ2) is 14.1. The number of amides is 2. The maximum atomic E-state index is 14.2. The Labute approximate surface area is 253 Å². The number of halogens is 1. The average Bonchev–Trinajstić information content (AvgIpc) is 3.50.